The number of methoxy groups -OCH3 is 1. The summed E-state index contributed by atoms with van der Waals surface area (Å²) in [5.74, 6) is 0.0655. The number of carbonyl (C=O) groups is 2. The van der Waals surface area contributed by atoms with E-state index in [1.807, 2.05) is 39.1 Å². The number of aromatic amines is 1. The summed E-state index contributed by atoms with van der Waals surface area (Å²) in [7, 11) is 1.35. The Balaban J connectivity index is 1.58. The van der Waals surface area contributed by atoms with E-state index in [0.717, 1.165) is 27.5 Å². The minimum absolute atomic E-state index is 0.396. The Morgan fingerprint density at radius 1 is 1.12 bits per heavy atom. The average molecular weight is 435 g/mol. The Hall–Kier alpha value is -3.81. The number of nitrogens with zero attached hydrogens (tertiary/aromatic N) is 1. The average Bonchev–Trinajstić information content (AvgIpc) is 3.36. The van der Waals surface area contributed by atoms with Crippen LogP contribution in [0.5, 0.6) is 0 Å². The van der Waals surface area contributed by atoms with Gasteiger partial charge in [0.2, 0.25) is 5.89 Å². The first-order valence-corrected chi connectivity index (χ1v) is 10.3. The minimum atomic E-state index is -0.538. The van der Waals surface area contributed by atoms with Crippen molar-refractivity contribution in [3.05, 3.63) is 53.7 Å². The Morgan fingerprint density at radius 2 is 1.88 bits per heavy atom. The van der Waals surface area contributed by atoms with Crippen LogP contribution in [0.4, 0.5) is 4.79 Å². The molecule has 2 aromatic carbocycles. The van der Waals surface area contributed by atoms with Gasteiger partial charge in [-0.25, -0.2) is 14.6 Å². The number of ether oxygens (including phenoxy) is 2. The van der Waals surface area contributed by atoms with Gasteiger partial charge >= 0.3 is 12.1 Å². The van der Waals surface area contributed by atoms with Crippen molar-refractivity contribution in [3.8, 4) is 11.5 Å². The maximum Gasteiger partial charge on any atom is 0.407 e. The van der Waals surface area contributed by atoms with Crippen LogP contribution in [0, 0.1) is 0 Å². The molecule has 0 radical (unpaired) electrons. The molecule has 166 valence electrons. The number of hydrogen-bond acceptors (Lipinski definition) is 6. The normalized spacial score (nSPS) is 11.6. The number of aromatic nitrogens is 2. The zero-order chi connectivity index (χ0) is 22.9. The number of alkyl carbamates (subject to hydrolysis) is 1. The van der Waals surface area contributed by atoms with Crippen LogP contribution in [-0.4, -0.2) is 41.3 Å². The second kappa shape index (κ2) is 8.37. The van der Waals surface area contributed by atoms with Crippen molar-refractivity contribution < 1.29 is 23.5 Å². The van der Waals surface area contributed by atoms with Crippen molar-refractivity contribution in [2.75, 3.05) is 13.7 Å². The van der Waals surface area contributed by atoms with Crippen molar-refractivity contribution in [1.82, 2.24) is 15.3 Å². The van der Waals surface area contributed by atoms with Crippen molar-refractivity contribution in [2.45, 2.75) is 32.8 Å². The molecule has 2 aromatic heterocycles. The summed E-state index contributed by atoms with van der Waals surface area (Å²) in [5.41, 5.74) is 4.02. The number of hydrogen-bond donors (Lipinski definition) is 2. The fourth-order valence-electron chi connectivity index (χ4n) is 3.48. The molecule has 0 saturated carbocycles. The third-order valence-electron chi connectivity index (χ3n) is 4.90. The molecule has 0 bridgehead atoms. The number of rotatable bonds is 5. The van der Waals surface area contributed by atoms with Crippen molar-refractivity contribution >= 4 is 34.1 Å². The van der Waals surface area contributed by atoms with Gasteiger partial charge in [0.15, 0.2) is 5.58 Å². The Kier molecular flexibility index (Phi) is 5.61. The molecule has 0 aliphatic heterocycles. The van der Waals surface area contributed by atoms with Gasteiger partial charge in [-0.1, -0.05) is 0 Å². The molecule has 2 heterocycles. The van der Waals surface area contributed by atoms with Gasteiger partial charge in [0, 0.05) is 29.2 Å². The maximum absolute atomic E-state index is 11.9. The van der Waals surface area contributed by atoms with Crippen LogP contribution in [0.25, 0.3) is 33.5 Å². The summed E-state index contributed by atoms with van der Waals surface area (Å²) in [6.07, 6.45) is 2.08. The highest BCUT2D eigenvalue weighted by molar-refractivity contribution is 6.05. The van der Waals surface area contributed by atoms with Crippen molar-refractivity contribution in [1.29, 1.82) is 0 Å². The first kappa shape index (κ1) is 21.4. The second-order valence-corrected chi connectivity index (χ2v) is 8.42. The van der Waals surface area contributed by atoms with Crippen LogP contribution in [0.15, 0.2) is 47.0 Å². The number of esters is 1. The topological polar surface area (TPSA) is 106 Å². The van der Waals surface area contributed by atoms with E-state index >= 15 is 0 Å². The number of amides is 1. The van der Waals surface area contributed by atoms with E-state index in [1.54, 1.807) is 24.3 Å². The number of carbonyl (C=O) groups excluding carboxylic acids is 2. The van der Waals surface area contributed by atoms with Crippen LogP contribution < -0.4 is 5.32 Å². The lowest BCUT2D eigenvalue weighted by atomic mass is 10.1. The summed E-state index contributed by atoms with van der Waals surface area (Å²) in [4.78, 5) is 31.5. The molecule has 0 atom stereocenters. The Bertz CT molecular complexity index is 1280. The highest BCUT2D eigenvalue weighted by atomic mass is 16.6. The van der Waals surface area contributed by atoms with E-state index in [1.165, 1.54) is 7.11 Å². The number of oxazole rings is 1. The second-order valence-electron chi connectivity index (χ2n) is 8.42. The van der Waals surface area contributed by atoms with E-state index in [9.17, 15) is 9.59 Å². The molecular weight excluding hydrogens is 410 g/mol. The summed E-state index contributed by atoms with van der Waals surface area (Å²) in [6, 6.07) is 10.7. The van der Waals surface area contributed by atoms with Crippen molar-refractivity contribution in [3.63, 3.8) is 0 Å². The molecule has 32 heavy (non-hydrogen) atoms. The highest BCUT2D eigenvalue weighted by Gasteiger charge is 2.17. The van der Waals surface area contributed by atoms with Gasteiger partial charge in [0.1, 0.15) is 11.1 Å². The smallest absolute Gasteiger partial charge is 0.407 e. The van der Waals surface area contributed by atoms with Crippen LogP contribution >= 0.6 is 0 Å². The first-order chi connectivity index (χ1) is 15.2. The fourth-order valence-corrected chi connectivity index (χ4v) is 3.48. The van der Waals surface area contributed by atoms with Gasteiger partial charge < -0.3 is 24.2 Å². The molecule has 2 N–H and O–H groups in total. The van der Waals surface area contributed by atoms with Gasteiger partial charge in [-0.3, -0.25) is 0 Å². The Morgan fingerprint density at radius 3 is 2.56 bits per heavy atom. The maximum atomic E-state index is 11.9. The monoisotopic (exact) mass is 435 g/mol. The van der Waals surface area contributed by atoms with Gasteiger partial charge in [0.05, 0.1) is 12.7 Å². The van der Waals surface area contributed by atoms with Gasteiger partial charge in [0.25, 0.3) is 0 Å². The molecule has 0 saturated heterocycles. The van der Waals surface area contributed by atoms with Gasteiger partial charge in [-0.15, -0.1) is 0 Å². The lowest BCUT2D eigenvalue weighted by Gasteiger charge is -2.19. The van der Waals surface area contributed by atoms with Crippen LogP contribution in [0.3, 0.4) is 0 Å². The largest absolute Gasteiger partial charge is 0.465 e. The molecule has 4 rings (SSSR count). The number of fused-ring (bicyclic) bond motifs is 3. The Labute approximate surface area is 184 Å². The van der Waals surface area contributed by atoms with Crippen LogP contribution in [-0.2, 0) is 15.9 Å². The molecule has 8 nitrogen and oxygen atoms in total. The van der Waals surface area contributed by atoms with E-state index in [-0.39, 0.29) is 0 Å². The zero-order valence-electron chi connectivity index (χ0n) is 18.4. The summed E-state index contributed by atoms with van der Waals surface area (Å²) in [5, 5.41) is 3.74. The third-order valence-corrected chi connectivity index (χ3v) is 4.90. The molecule has 0 unspecified atom stereocenters. The third kappa shape index (κ3) is 4.44. The molecule has 0 spiro atoms. The van der Waals surface area contributed by atoms with Gasteiger partial charge in [-0.05, 0) is 69.2 Å². The molecule has 0 fully saturated rings. The minimum Gasteiger partial charge on any atom is -0.465 e. The summed E-state index contributed by atoms with van der Waals surface area (Å²) in [6.45, 7) is 5.91. The van der Waals surface area contributed by atoms with E-state index in [4.69, 9.17) is 18.9 Å². The molecule has 8 heteroatoms. The summed E-state index contributed by atoms with van der Waals surface area (Å²) < 4.78 is 16.0. The van der Waals surface area contributed by atoms with Crippen molar-refractivity contribution in [2.24, 2.45) is 0 Å². The lowest BCUT2D eigenvalue weighted by molar-refractivity contribution is 0.0527. The lowest BCUT2D eigenvalue weighted by Crippen LogP contribution is -2.33. The van der Waals surface area contributed by atoms with E-state index in [0.29, 0.717) is 30.0 Å². The van der Waals surface area contributed by atoms with Crippen LogP contribution in [0.2, 0.25) is 0 Å². The predicted molar refractivity (Wildman–Crippen MR) is 121 cm³/mol. The van der Waals surface area contributed by atoms with Gasteiger partial charge in [-0.2, -0.15) is 0 Å². The number of H-pyrrole nitrogens is 1. The number of nitrogens with one attached hydrogen (secondary N) is 2. The molecular formula is C24H25N3O5. The molecule has 1 amide bonds. The number of benzene rings is 2. The summed E-state index contributed by atoms with van der Waals surface area (Å²) >= 11 is 0. The molecule has 0 aliphatic rings. The zero-order valence-corrected chi connectivity index (χ0v) is 18.4. The first-order valence-electron chi connectivity index (χ1n) is 10.3. The van der Waals surface area contributed by atoms with E-state index in [2.05, 4.69) is 10.3 Å². The standard InChI is InChI=1S/C24H25N3O5/c1-24(2,3)32-23(29)25-12-11-16-13-26-17-9-10-18-20(19(16)17)27-21(31-18)14-5-7-15(8-6-14)22(28)30-4/h5-10,13,26H,11-12H2,1-4H3,(H,25,29). The van der Waals surface area contributed by atoms with Crippen LogP contribution in [0.1, 0.15) is 36.7 Å². The quantitative estimate of drug-likeness (QED) is 0.435. The molecule has 4 aromatic rings. The fraction of sp³-hybridized carbons (Fsp3) is 0.292. The highest BCUT2D eigenvalue weighted by Crippen LogP contribution is 2.31. The molecule has 0 aliphatic carbocycles. The SMILES string of the molecule is COC(=O)c1ccc(-c2nc3c(ccc4[nH]cc(CCNC(=O)OC(C)(C)C)c43)o2)cc1. The predicted octanol–water partition coefficient (Wildman–Crippen LogP) is 4.83. The van der Waals surface area contributed by atoms with E-state index < -0.39 is 17.7 Å².